The fourth-order valence-corrected chi connectivity index (χ4v) is 4.96. The molecule has 2 atom stereocenters. The first-order valence-corrected chi connectivity index (χ1v) is 11.9. The number of benzene rings is 1. The maximum atomic E-state index is 13.6. The molecule has 1 aliphatic carbocycles. The van der Waals surface area contributed by atoms with Crippen LogP contribution in [0.4, 0.5) is 10.1 Å². The number of nitrogens with zero attached hydrogens (tertiary/aromatic N) is 1. The number of rotatable bonds is 7. The highest BCUT2D eigenvalue weighted by Gasteiger charge is 2.35. The van der Waals surface area contributed by atoms with Gasteiger partial charge in [0.15, 0.2) is 6.10 Å². The average molecular weight is 488 g/mol. The van der Waals surface area contributed by atoms with E-state index < -0.39 is 29.9 Å². The molecule has 3 N–H and O–H groups in total. The Morgan fingerprint density at radius 1 is 1.14 bits per heavy atom. The van der Waals surface area contributed by atoms with Crippen molar-refractivity contribution in [2.45, 2.75) is 65.0 Å². The highest BCUT2D eigenvalue weighted by molar-refractivity contribution is 6.06. The number of methoxy groups -OCH3 is 1. The van der Waals surface area contributed by atoms with E-state index in [9.17, 15) is 23.9 Å². The minimum atomic E-state index is -1.59. The molecule has 1 aliphatic rings. The molecule has 1 heterocycles. The number of aliphatic hydroxyl groups excluding tert-OH is 1. The maximum Gasteiger partial charge on any atom is 0.328 e. The number of ether oxygens (including phenoxy) is 1. The Bertz CT molecular complexity index is 1120. The number of hydrogen-bond acceptors (Lipinski definition) is 5. The summed E-state index contributed by atoms with van der Waals surface area (Å²) in [6.07, 6.45) is 3.03. The van der Waals surface area contributed by atoms with Gasteiger partial charge in [0, 0.05) is 18.4 Å². The zero-order valence-corrected chi connectivity index (χ0v) is 20.9. The third kappa shape index (κ3) is 5.56. The highest BCUT2D eigenvalue weighted by Crippen LogP contribution is 2.30. The second-order valence-corrected chi connectivity index (χ2v) is 9.26. The van der Waals surface area contributed by atoms with Crippen LogP contribution in [-0.4, -0.2) is 40.6 Å². The second kappa shape index (κ2) is 11.0. The lowest BCUT2D eigenvalue weighted by molar-refractivity contribution is -0.148. The monoisotopic (exact) mass is 487 g/mol. The summed E-state index contributed by atoms with van der Waals surface area (Å²) in [5.74, 6) is -2.12. The third-order valence-electron chi connectivity index (χ3n) is 7.01. The number of anilines is 1. The molecule has 0 spiro atoms. The van der Waals surface area contributed by atoms with E-state index in [1.807, 2.05) is 0 Å². The van der Waals surface area contributed by atoms with Gasteiger partial charge in [-0.1, -0.05) is 19.3 Å². The molecule has 190 valence electrons. The van der Waals surface area contributed by atoms with E-state index >= 15 is 0 Å². The number of hydrogen-bond donors (Lipinski definition) is 3. The normalized spacial score (nSPS) is 15.9. The fourth-order valence-electron chi connectivity index (χ4n) is 4.96. The zero-order chi connectivity index (χ0) is 25.9. The third-order valence-corrected chi connectivity index (χ3v) is 7.01. The van der Waals surface area contributed by atoms with E-state index in [-0.39, 0.29) is 17.4 Å². The largest absolute Gasteiger partial charge is 0.467 e. The minimum absolute atomic E-state index is 0.0518. The minimum Gasteiger partial charge on any atom is -0.467 e. The van der Waals surface area contributed by atoms with Gasteiger partial charge in [-0.2, -0.15) is 0 Å². The van der Waals surface area contributed by atoms with E-state index in [4.69, 9.17) is 4.74 Å². The van der Waals surface area contributed by atoms with Crippen molar-refractivity contribution in [2.75, 3.05) is 12.4 Å². The SMILES string of the molecule is COC(=O)[C@H](NC(=O)C(O)c1c(C)c(C(=O)Nc2ccc(F)c(C)c2)c(C)n1C)C1CCCCC1. The molecule has 1 unspecified atom stereocenters. The number of carbonyl (C=O) groups is 3. The summed E-state index contributed by atoms with van der Waals surface area (Å²) in [4.78, 5) is 38.5. The number of nitrogens with one attached hydrogen (secondary N) is 2. The van der Waals surface area contributed by atoms with Gasteiger partial charge < -0.3 is 25.0 Å². The van der Waals surface area contributed by atoms with Crippen LogP contribution in [0.1, 0.15) is 71.1 Å². The quantitative estimate of drug-likeness (QED) is 0.517. The van der Waals surface area contributed by atoms with E-state index in [1.165, 1.54) is 25.3 Å². The van der Waals surface area contributed by atoms with Crippen molar-refractivity contribution in [1.29, 1.82) is 0 Å². The topological polar surface area (TPSA) is 110 Å². The van der Waals surface area contributed by atoms with Gasteiger partial charge >= 0.3 is 5.97 Å². The molecule has 2 amide bonds. The Kier molecular flexibility index (Phi) is 8.32. The molecule has 35 heavy (non-hydrogen) atoms. The number of aryl methyl sites for hydroxylation is 1. The van der Waals surface area contributed by atoms with Crippen LogP contribution >= 0.6 is 0 Å². The number of amides is 2. The molecule has 0 bridgehead atoms. The summed E-state index contributed by atoms with van der Waals surface area (Å²) >= 11 is 0. The van der Waals surface area contributed by atoms with E-state index in [0.717, 1.165) is 32.1 Å². The van der Waals surface area contributed by atoms with Gasteiger partial charge in [0.25, 0.3) is 11.8 Å². The lowest BCUT2D eigenvalue weighted by Crippen LogP contribution is -2.48. The Balaban J connectivity index is 1.84. The first-order chi connectivity index (χ1) is 16.6. The van der Waals surface area contributed by atoms with Crippen molar-refractivity contribution in [2.24, 2.45) is 13.0 Å². The molecule has 2 aromatic rings. The number of aromatic nitrogens is 1. The highest BCUT2D eigenvalue weighted by atomic mass is 19.1. The van der Waals surface area contributed by atoms with E-state index in [0.29, 0.717) is 28.1 Å². The van der Waals surface area contributed by atoms with Gasteiger partial charge in [-0.25, -0.2) is 9.18 Å². The predicted molar refractivity (Wildman–Crippen MR) is 129 cm³/mol. The van der Waals surface area contributed by atoms with Gasteiger partial charge in [0.2, 0.25) is 0 Å². The van der Waals surface area contributed by atoms with Crippen LogP contribution in [0, 0.1) is 32.5 Å². The van der Waals surface area contributed by atoms with Gasteiger partial charge in [-0.05, 0) is 68.9 Å². The molecular weight excluding hydrogens is 453 g/mol. The number of carbonyl (C=O) groups excluding carboxylic acids is 3. The van der Waals surface area contributed by atoms with Crippen LogP contribution in [-0.2, 0) is 21.4 Å². The van der Waals surface area contributed by atoms with Gasteiger partial charge in [0.05, 0.1) is 18.4 Å². The van der Waals surface area contributed by atoms with Crippen LogP contribution < -0.4 is 10.6 Å². The van der Waals surface area contributed by atoms with Crippen LogP contribution in [0.2, 0.25) is 0 Å². The summed E-state index contributed by atoms with van der Waals surface area (Å²) in [7, 11) is 2.94. The molecule has 0 aliphatic heterocycles. The fraction of sp³-hybridized carbons (Fsp3) is 0.500. The first-order valence-electron chi connectivity index (χ1n) is 11.9. The maximum absolute atomic E-state index is 13.6. The van der Waals surface area contributed by atoms with Gasteiger partial charge in [-0.15, -0.1) is 0 Å². The molecule has 1 aromatic carbocycles. The van der Waals surface area contributed by atoms with Crippen LogP contribution in [0.3, 0.4) is 0 Å². The van der Waals surface area contributed by atoms with E-state index in [1.54, 1.807) is 32.4 Å². The lowest BCUT2D eigenvalue weighted by atomic mass is 9.83. The van der Waals surface area contributed by atoms with Crippen molar-refractivity contribution in [1.82, 2.24) is 9.88 Å². The summed E-state index contributed by atoms with van der Waals surface area (Å²) in [5.41, 5.74) is 2.40. The molecule has 1 saturated carbocycles. The van der Waals surface area contributed by atoms with Crippen molar-refractivity contribution >= 4 is 23.5 Å². The summed E-state index contributed by atoms with van der Waals surface area (Å²) in [6, 6.07) is 3.44. The molecule has 1 aromatic heterocycles. The number of esters is 1. The molecule has 9 heteroatoms. The van der Waals surface area contributed by atoms with Crippen molar-refractivity contribution in [3.8, 4) is 0 Å². The molecule has 0 radical (unpaired) electrons. The summed E-state index contributed by atoms with van der Waals surface area (Å²) in [5, 5.41) is 16.4. The Morgan fingerprint density at radius 2 is 1.80 bits per heavy atom. The van der Waals surface area contributed by atoms with Crippen LogP contribution in [0.25, 0.3) is 0 Å². The Labute approximate surface area is 204 Å². The van der Waals surface area contributed by atoms with Crippen molar-refractivity contribution in [3.63, 3.8) is 0 Å². The number of halogens is 1. The zero-order valence-electron chi connectivity index (χ0n) is 20.9. The Hall–Kier alpha value is -3.20. The molecular formula is C26H34FN3O5. The second-order valence-electron chi connectivity index (χ2n) is 9.26. The Morgan fingerprint density at radius 3 is 2.40 bits per heavy atom. The molecule has 8 nitrogen and oxygen atoms in total. The first kappa shape index (κ1) is 26.4. The van der Waals surface area contributed by atoms with Crippen molar-refractivity contribution < 1.29 is 28.6 Å². The molecule has 0 saturated heterocycles. The standard InChI is InChI=1S/C26H34FN3O5/c1-14-13-18(11-12-19(14)27)28-24(32)20-15(2)22(30(4)16(20)3)23(31)25(33)29-21(26(34)35-5)17-9-7-6-8-10-17/h11-13,17,21,23,31H,6-10H2,1-5H3,(H,28,32)(H,29,33)/t21-,23?/m1/s1. The van der Waals surface area contributed by atoms with Crippen LogP contribution in [0.5, 0.6) is 0 Å². The summed E-state index contributed by atoms with van der Waals surface area (Å²) in [6.45, 7) is 4.97. The van der Waals surface area contributed by atoms with E-state index in [2.05, 4.69) is 10.6 Å². The number of aliphatic hydroxyl groups is 1. The van der Waals surface area contributed by atoms with Gasteiger partial charge in [-0.3, -0.25) is 9.59 Å². The molecule has 1 fully saturated rings. The van der Waals surface area contributed by atoms with Crippen LogP contribution in [0.15, 0.2) is 18.2 Å². The lowest BCUT2D eigenvalue weighted by Gasteiger charge is -2.29. The predicted octanol–water partition coefficient (Wildman–Crippen LogP) is 3.61. The molecule has 3 rings (SSSR count). The summed E-state index contributed by atoms with van der Waals surface area (Å²) < 4.78 is 20.1. The smallest absolute Gasteiger partial charge is 0.328 e. The van der Waals surface area contributed by atoms with Gasteiger partial charge in [0.1, 0.15) is 11.9 Å². The average Bonchev–Trinajstić information content (AvgIpc) is 3.07. The van der Waals surface area contributed by atoms with Crippen molar-refractivity contribution in [3.05, 3.63) is 52.1 Å².